The SMILES string of the molecule is NC(Cc1nc2c(s1)CCCC2)c1cccnc1. The van der Waals surface area contributed by atoms with Gasteiger partial charge in [-0.3, -0.25) is 4.98 Å². The summed E-state index contributed by atoms with van der Waals surface area (Å²) in [5.74, 6) is 0. The Balaban J connectivity index is 1.74. The monoisotopic (exact) mass is 259 g/mol. The molecule has 0 amide bonds. The maximum Gasteiger partial charge on any atom is 0.0950 e. The quantitative estimate of drug-likeness (QED) is 0.922. The number of hydrogen-bond donors (Lipinski definition) is 1. The molecule has 1 aliphatic rings. The van der Waals surface area contributed by atoms with Gasteiger partial charge < -0.3 is 5.73 Å². The number of aryl methyl sites for hydroxylation is 2. The Hall–Kier alpha value is -1.26. The number of nitrogens with two attached hydrogens (primary N) is 1. The van der Waals surface area contributed by atoms with Gasteiger partial charge in [-0.1, -0.05) is 6.07 Å². The molecule has 0 aromatic carbocycles. The van der Waals surface area contributed by atoms with Crippen molar-refractivity contribution >= 4 is 11.3 Å². The van der Waals surface area contributed by atoms with E-state index in [0.717, 1.165) is 18.4 Å². The van der Waals surface area contributed by atoms with Crippen LogP contribution in [0.2, 0.25) is 0 Å². The summed E-state index contributed by atoms with van der Waals surface area (Å²) in [6.07, 6.45) is 9.39. The largest absolute Gasteiger partial charge is 0.324 e. The summed E-state index contributed by atoms with van der Waals surface area (Å²) in [4.78, 5) is 10.3. The second-order valence-corrected chi connectivity index (χ2v) is 5.95. The molecule has 3 rings (SSSR count). The molecule has 94 valence electrons. The van der Waals surface area contributed by atoms with Crippen molar-refractivity contribution in [2.45, 2.75) is 38.1 Å². The molecule has 2 aromatic rings. The molecule has 2 aromatic heterocycles. The van der Waals surface area contributed by atoms with Gasteiger partial charge in [0, 0.05) is 29.7 Å². The van der Waals surface area contributed by atoms with Crippen LogP contribution in [0.1, 0.15) is 40.0 Å². The van der Waals surface area contributed by atoms with Crippen molar-refractivity contribution in [3.8, 4) is 0 Å². The van der Waals surface area contributed by atoms with Crippen molar-refractivity contribution in [1.29, 1.82) is 0 Å². The van der Waals surface area contributed by atoms with Crippen LogP contribution < -0.4 is 5.73 Å². The average molecular weight is 259 g/mol. The molecule has 0 radical (unpaired) electrons. The second kappa shape index (κ2) is 5.16. The van der Waals surface area contributed by atoms with Crippen LogP contribution in [0.4, 0.5) is 0 Å². The summed E-state index contributed by atoms with van der Waals surface area (Å²) in [5.41, 5.74) is 8.62. The predicted molar refractivity (Wildman–Crippen MR) is 73.6 cm³/mol. The summed E-state index contributed by atoms with van der Waals surface area (Å²) >= 11 is 1.85. The molecule has 3 nitrogen and oxygen atoms in total. The van der Waals surface area contributed by atoms with Crippen molar-refractivity contribution in [3.63, 3.8) is 0 Å². The number of fused-ring (bicyclic) bond motifs is 1. The fraction of sp³-hybridized carbons (Fsp3) is 0.429. The minimum atomic E-state index is 0.00584. The molecule has 1 atom stereocenters. The Bertz CT molecular complexity index is 498. The molecule has 0 fully saturated rings. The van der Waals surface area contributed by atoms with Gasteiger partial charge in [-0.25, -0.2) is 4.98 Å². The average Bonchev–Trinajstić information content (AvgIpc) is 2.82. The minimum Gasteiger partial charge on any atom is -0.324 e. The van der Waals surface area contributed by atoms with Crippen molar-refractivity contribution in [3.05, 3.63) is 45.7 Å². The molecule has 0 aliphatic heterocycles. The number of hydrogen-bond acceptors (Lipinski definition) is 4. The van der Waals surface area contributed by atoms with Crippen LogP contribution in [0.15, 0.2) is 24.5 Å². The summed E-state index contributed by atoms with van der Waals surface area (Å²) < 4.78 is 0. The first-order chi connectivity index (χ1) is 8.83. The van der Waals surface area contributed by atoms with E-state index in [1.165, 1.54) is 34.8 Å². The van der Waals surface area contributed by atoms with E-state index in [1.807, 2.05) is 29.7 Å². The molecule has 1 aliphatic carbocycles. The van der Waals surface area contributed by atoms with Gasteiger partial charge in [0.2, 0.25) is 0 Å². The normalized spacial score (nSPS) is 16.3. The molecule has 1 unspecified atom stereocenters. The van der Waals surface area contributed by atoms with Gasteiger partial charge in [0.1, 0.15) is 0 Å². The van der Waals surface area contributed by atoms with Crippen LogP contribution in [-0.4, -0.2) is 9.97 Å². The van der Waals surface area contributed by atoms with Crippen molar-refractivity contribution in [2.75, 3.05) is 0 Å². The van der Waals surface area contributed by atoms with Gasteiger partial charge in [-0.15, -0.1) is 11.3 Å². The van der Waals surface area contributed by atoms with E-state index in [2.05, 4.69) is 4.98 Å². The Labute approximate surface area is 111 Å². The van der Waals surface area contributed by atoms with Crippen molar-refractivity contribution < 1.29 is 0 Å². The molecule has 0 saturated carbocycles. The highest BCUT2D eigenvalue weighted by Gasteiger charge is 2.17. The molecule has 4 heteroatoms. The first-order valence-corrected chi connectivity index (χ1v) is 7.27. The predicted octanol–water partition coefficient (Wildman–Crippen LogP) is 2.66. The lowest BCUT2D eigenvalue weighted by Gasteiger charge is -2.08. The van der Waals surface area contributed by atoms with Gasteiger partial charge in [0.05, 0.1) is 10.7 Å². The van der Waals surface area contributed by atoms with E-state index >= 15 is 0 Å². The number of nitrogens with zero attached hydrogens (tertiary/aromatic N) is 2. The molecule has 0 spiro atoms. The smallest absolute Gasteiger partial charge is 0.0950 e. The zero-order valence-corrected chi connectivity index (χ0v) is 11.1. The lowest BCUT2D eigenvalue weighted by molar-refractivity contribution is 0.673. The number of rotatable bonds is 3. The molecule has 2 heterocycles. The maximum atomic E-state index is 6.21. The molecule has 0 bridgehead atoms. The molecular formula is C14H17N3S. The Morgan fingerprint density at radius 3 is 3.00 bits per heavy atom. The van der Waals surface area contributed by atoms with E-state index < -0.39 is 0 Å². The zero-order chi connectivity index (χ0) is 12.4. The Kier molecular flexibility index (Phi) is 3.39. The van der Waals surface area contributed by atoms with Crippen molar-refractivity contribution in [2.24, 2.45) is 5.73 Å². The van der Waals surface area contributed by atoms with Crippen LogP contribution >= 0.6 is 11.3 Å². The van der Waals surface area contributed by atoms with Crippen LogP contribution in [0, 0.1) is 0 Å². The van der Waals surface area contributed by atoms with E-state index in [0.29, 0.717) is 0 Å². The zero-order valence-electron chi connectivity index (χ0n) is 10.3. The topological polar surface area (TPSA) is 51.8 Å². The molecule has 2 N–H and O–H groups in total. The van der Waals surface area contributed by atoms with E-state index in [4.69, 9.17) is 10.7 Å². The third kappa shape index (κ3) is 2.44. The number of thiazole rings is 1. The summed E-state index contributed by atoms with van der Waals surface area (Å²) in [6.45, 7) is 0. The van der Waals surface area contributed by atoms with Crippen LogP contribution in [0.5, 0.6) is 0 Å². The molecule has 0 saturated heterocycles. The number of aromatic nitrogens is 2. The summed E-state index contributed by atoms with van der Waals surface area (Å²) in [7, 11) is 0. The third-order valence-electron chi connectivity index (χ3n) is 3.40. The van der Waals surface area contributed by atoms with Gasteiger partial charge >= 0.3 is 0 Å². The first-order valence-electron chi connectivity index (χ1n) is 6.46. The maximum absolute atomic E-state index is 6.21. The first kappa shape index (κ1) is 11.8. The van der Waals surface area contributed by atoms with Gasteiger partial charge in [0.25, 0.3) is 0 Å². The van der Waals surface area contributed by atoms with E-state index in [9.17, 15) is 0 Å². The Morgan fingerprint density at radius 2 is 2.22 bits per heavy atom. The van der Waals surface area contributed by atoms with E-state index in [1.54, 1.807) is 6.20 Å². The standard InChI is InChI=1S/C14H17N3S/c15-11(10-4-3-7-16-9-10)8-14-17-12-5-1-2-6-13(12)18-14/h3-4,7,9,11H,1-2,5-6,8,15H2. The lowest BCUT2D eigenvalue weighted by atomic mass is 10.0. The highest BCUT2D eigenvalue weighted by Crippen LogP contribution is 2.28. The Morgan fingerprint density at radius 1 is 1.33 bits per heavy atom. The van der Waals surface area contributed by atoms with Crippen LogP contribution in [0.25, 0.3) is 0 Å². The fourth-order valence-corrected chi connectivity index (χ4v) is 3.61. The summed E-state index contributed by atoms with van der Waals surface area (Å²) in [5, 5.41) is 1.18. The van der Waals surface area contributed by atoms with E-state index in [-0.39, 0.29) is 6.04 Å². The highest BCUT2D eigenvalue weighted by molar-refractivity contribution is 7.11. The van der Waals surface area contributed by atoms with Crippen LogP contribution in [-0.2, 0) is 19.3 Å². The van der Waals surface area contributed by atoms with Gasteiger partial charge in [-0.05, 0) is 37.3 Å². The van der Waals surface area contributed by atoms with Gasteiger partial charge in [-0.2, -0.15) is 0 Å². The van der Waals surface area contributed by atoms with Crippen LogP contribution in [0.3, 0.4) is 0 Å². The summed E-state index contributed by atoms with van der Waals surface area (Å²) in [6, 6.07) is 3.97. The van der Waals surface area contributed by atoms with Crippen molar-refractivity contribution in [1.82, 2.24) is 9.97 Å². The lowest BCUT2D eigenvalue weighted by Crippen LogP contribution is -2.13. The molecule has 18 heavy (non-hydrogen) atoms. The highest BCUT2D eigenvalue weighted by atomic mass is 32.1. The minimum absolute atomic E-state index is 0.00584. The van der Waals surface area contributed by atoms with Gasteiger partial charge in [0.15, 0.2) is 0 Å². The third-order valence-corrected chi connectivity index (χ3v) is 4.58. The molecular weight excluding hydrogens is 242 g/mol. The second-order valence-electron chi connectivity index (χ2n) is 4.78. The number of pyridine rings is 1. The fourth-order valence-electron chi connectivity index (χ4n) is 2.39.